The summed E-state index contributed by atoms with van der Waals surface area (Å²) in [5.41, 5.74) is 4.79. The first-order valence-electron chi connectivity index (χ1n) is 9.33. The van der Waals surface area contributed by atoms with Crippen LogP contribution >= 0.6 is 11.3 Å². The molecule has 5 rings (SSSR count). The van der Waals surface area contributed by atoms with Gasteiger partial charge in [0, 0.05) is 15.6 Å². The average Bonchev–Trinajstić information content (AvgIpc) is 3.04. The van der Waals surface area contributed by atoms with Crippen molar-refractivity contribution >= 4 is 42.4 Å². The third kappa shape index (κ3) is 2.72. The smallest absolute Gasteiger partial charge is 0.0895 e. The van der Waals surface area contributed by atoms with E-state index >= 15 is 0 Å². The number of thiophene rings is 1. The minimum absolute atomic E-state index is 0.0782. The molecular formula is C25H21NS. The highest BCUT2D eigenvalue weighted by molar-refractivity contribution is 7.25. The van der Waals surface area contributed by atoms with Crippen molar-refractivity contribution < 1.29 is 0 Å². The van der Waals surface area contributed by atoms with Crippen LogP contribution in [0.15, 0.2) is 72.8 Å². The van der Waals surface area contributed by atoms with E-state index in [0.717, 1.165) is 11.2 Å². The lowest BCUT2D eigenvalue weighted by molar-refractivity contribution is 0.596. The molecule has 0 atom stereocenters. The normalized spacial score (nSPS) is 12.3. The van der Waals surface area contributed by atoms with Crippen molar-refractivity contribution in [3.05, 3.63) is 78.4 Å². The zero-order valence-corrected chi connectivity index (χ0v) is 16.6. The maximum Gasteiger partial charge on any atom is 0.0895 e. The maximum atomic E-state index is 5.07. The third-order valence-electron chi connectivity index (χ3n) is 5.19. The monoisotopic (exact) mass is 367 g/mol. The number of rotatable bonds is 1. The second kappa shape index (κ2) is 5.90. The quantitative estimate of drug-likeness (QED) is 0.298. The van der Waals surface area contributed by atoms with Crippen molar-refractivity contribution in [3.8, 4) is 11.3 Å². The lowest BCUT2D eigenvalue weighted by Gasteiger charge is -2.22. The van der Waals surface area contributed by atoms with Crippen molar-refractivity contribution in [2.75, 3.05) is 0 Å². The maximum absolute atomic E-state index is 5.07. The summed E-state index contributed by atoms with van der Waals surface area (Å²) in [7, 11) is 0. The topological polar surface area (TPSA) is 12.9 Å². The van der Waals surface area contributed by atoms with Gasteiger partial charge in [-0.1, -0.05) is 63.2 Å². The van der Waals surface area contributed by atoms with Crippen molar-refractivity contribution in [2.24, 2.45) is 0 Å². The molecule has 0 bridgehead atoms. The first-order valence-corrected chi connectivity index (χ1v) is 10.1. The Balaban J connectivity index is 1.79. The van der Waals surface area contributed by atoms with E-state index in [1.54, 1.807) is 0 Å². The van der Waals surface area contributed by atoms with Crippen LogP contribution in [0.2, 0.25) is 0 Å². The molecule has 0 saturated carbocycles. The highest BCUT2D eigenvalue weighted by Crippen LogP contribution is 2.37. The second-order valence-electron chi connectivity index (χ2n) is 8.14. The molecule has 0 N–H and O–H groups in total. The Labute approximate surface area is 163 Å². The molecule has 2 aromatic heterocycles. The fraction of sp³-hybridized carbons (Fsp3) is 0.160. The number of nitrogens with zero attached hydrogens (tertiary/aromatic N) is 1. The van der Waals surface area contributed by atoms with Gasteiger partial charge in [0.05, 0.1) is 15.9 Å². The van der Waals surface area contributed by atoms with Gasteiger partial charge in [0.2, 0.25) is 0 Å². The minimum Gasteiger partial charge on any atom is -0.246 e. The summed E-state index contributed by atoms with van der Waals surface area (Å²) in [6.45, 7) is 6.84. The fourth-order valence-electron chi connectivity index (χ4n) is 3.83. The van der Waals surface area contributed by atoms with Crippen LogP contribution in [0.1, 0.15) is 26.3 Å². The Bertz CT molecular complexity index is 1300. The average molecular weight is 368 g/mol. The van der Waals surface area contributed by atoms with E-state index in [2.05, 4.69) is 93.6 Å². The Morgan fingerprint density at radius 1 is 0.741 bits per heavy atom. The first-order chi connectivity index (χ1) is 13.0. The van der Waals surface area contributed by atoms with E-state index < -0.39 is 0 Å². The third-order valence-corrected chi connectivity index (χ3v) is 6.31. The molecule has 0 fully saturated rings. The molecule has 1 nitrogen and oxygen atoms in total. The second-order valence-corrected chi connectivity index (χ2v) is 9.22. The lowest BCUT2D eigenvalue weighted by atomic mass is 9.82. The Kier molecular flexibility index (Phi) is 3.60. The highest BCUT2D eigenvalue weighted by Gasteiger charge is 2.19. The van der Waals surface area contributed by atoms with Gasteiger partial charge in [-0.25, -0.2) is 4.98 Å². The van der Waals surface area contributed by atoms with Crippen molar-refractivity contribution in [3.63, 3.8) is 0 Å². The highest BCUT2D eigenvalue weighted by atomic mass is 32.1. The van der Waals surface area contributed by atoms with Crippen molar-refractivity contribution in [1.29, 1.82) is 0 Å². The van der Waals surface area contributed by atoms with Crippen LogP contribution < -0.4 is 0 Å². The predicted molar refractivity (Wildman–Crippen MR) is 119 cm³/mol. The lowest BCUT2D eigenvalue weighted by Crippen LogP contribution is -2.12. The number of pyridine rings is 1. The van der Waals surface area contributed by atoms with Crippen LogP contribution in [-0.2, 0) is 5.41 Å². The molecule has 0 spiro atoms. The molecule has 5 aromatic rings. The van der Waals surface area contributed by atoms with Gasteiger partial charge in [-0.3, -0.25) is 0 Å². The zero-order chi connectivity index (χ0) is 18.6. The van der Waals surface area contributed by atoms with E-state index in [4.69, 9.17) is 4.98 Å². The van der Waals surface area contributed by atoms with E-state index in [0.29, 0.717) is 0 Å². The van der Waals surface area contributed by atoms with Gasteiger partial charge in [0.25, 0.3) is 0 Å². The SMILES string of the molecule is CC(C)(C)c1cc(-c2ccc3sc4ccccc4c3n2)cc2ccccc12. The Hall–Kier alpha value is -2.71. The molecule has 132 valence electrons. The summed E-state index contributed by atoms with van der Waals surface area (Å²) >= 11 is 1.81. The largest absolute Gasteiger partial charge is 0.246 e. The van der Waals surface area contributed by atoms with Gasteiger partial charge >= 0.3 is 0 Å². The molecule has 3 aromatic carbocycles. The van der Waals surface area contributed by atoms with E-state index in [1.165, 1.54) is 36.7 Å². The predicted octanol–water partition coefficient (Wildman–Crippen LogP) is 7.57. The molecule has 2 heteroatoms. The van der Waals surface area contributed by atoms with Gasteiger partial charge in [-0.15, -0.1) is 11.3 Å². The number of fused-ring (bicyclic) bond motifs is 4. The van der Waals surface area contributed by atoms with Crippen LogP contribution in [0.5, 0.6) is 0 Å². The fourth-order valence-corrected chi connectivity index (χ4v) is 4.88. The number of hydrogen-bond acceptors (Lipinski definition) is 2. The molecule has 27 heavy (non-hydrogen) atoms. The molecular weight excluding hydrogens is 346 g/mol. The molecule has 0 amide bonds. The van der Waals surface area contributed by atoms with Crippen LogP contribution in [0, 0.1) is 0 Å². The number of benzene rings is 3. The Morgan fingerprint density at radius 2 is 1.48 bits per heavy atom. The summed E-state index contributed by atoms with van der Waals surface area (Å²) in [6, 6.07) is 26.2. The summed E-state index contributed by atoms with van der Waals surface area (Å²) in [4.78, 5) is 5.07. The van der Waals surface area contributed by atoms with Crippen molar-refractivity contribution in [1.82, 2.24) is 4.98 Å². The van der Waals surface area contributed by atoms with E-state index in [-0.39, 0.29) is 5.41 Å². The molecule has 0 aliphatic carbocycles. The molecule has 0 saturated heterocycles. The van der Waals surface area contributed by atoms with Crippen LogP contribution in [0.3, 0.4) is 0 Å². The molecule has 2 heterocycles. The minimum atomic E-state index is 0.0782. The van der Waals surface area contributed by atoms with Gasteiger partial charge < -0.3 is 0 Å². The van der Waals surface area contributed by atoms with Gasteiger partial charge in [0.1, 0.15) is 0 Å². The van der Waals surface area contributed by atoms with Crippen LogP contribution in [-0.4, -0.2) is 4.98 Å². The molecule has 0 aliphatic heterocycles. The summed E-state index contributed by atoms with van der Waals surface area (Å²) in [5.74, 6) is 0. The van der Waals surface area contributed by atoms with Gasteiger partial charge in [-0.2, -0.15) is 0 Å². The van der Waals surface area contributed by atoms with E-state index in [9.17, 15) is 0 Å². The molecule has 0 radical (unpaired) electrons. The van der Waals surface area contributed by atoms with Crippen molar-refractivity contribution in [2.45, 2.75) is 26.2 Å². The Morgan fingerprint density at radius 3 is 2.30 bits per heavy atom. The molecule has 0 aliphatic rings. The summed E-state index contributed by atoms with van der Waals surface area (Å²) < 4.78 is 2.54. The van der Waals surface area contributed by atoms with E-state index in [1.807, 2.05) is 11.3 Å². The van der Waals surface area contributed by atoms with Crippen LogP contribution in [0.25, 0.3) is 42.3 Å². The zero-order valence-electron chi connectivity index (χ0n) is 15.8. The van der Waals surface area contributed by atoms with Gasteiger partial charge in [-0.05, 0) is 52.1 Å². The first kappa shape index (κ1) is 16.5. The summed E-state index contributed by atoms with van der Waals surface area (Å²) in [6.07, 6.45) is 0. The summed E-state index contributed by atoms with van der Waals surface area (Å²) in [5, 5.41) is 3.85. The number of hydrogen-bond donors (Lipinski definition) is 0. The number of aromatic nitrogens is 1. The van der Waals surface area contributed by atoms with Gasteiger partial charge in [0.15, 0.2) is 0 Å². The van der Waals surface area contributed by atoms with Crippen LogP contribution in [0.4, 0.5) is 0 Å². The standard InChI is InChI=1S/C25H21NS/c1-25(2,3)20-15-17(14-16-8-4-5-9-18(16)20)21-12-13-23-24(26-21)19-10-6-7-11-22(19)27-23/h4-15H,1-3H3. The molecule has 0 unspecified atom stereocenters.